The molecule has 0 spiro atoms. The summed E-state index contributed by atoms with van der Waals surface area (Å²) in [6.45, 7) is 5.51. The Balaban J connectivity index is 2.44. The molecule has 1 saturated carbocycles. The summed E-state index contributed by atoms with van der Waals surface area (Å²) < 4.78 is 5.12. The monoisotopic (exact) mass is 225 g/mol. The molecule has 0 saturated heterocycles. The highest BCUT2D eigenvalue weighted by molar-refractivity contribution is 5.09. The molecule has 2 atom stereocenters. The van der Waals surface area contributed by atoms with Crippen molar-refractivity contribution in [3.63, 3.8) is 0 Å². The molecule has 1 fully saturated rings. The van der Waals surface area contributed by atoms with Crippen LogP contribution in [0, 0.1) is 11.3 Å². The van der Waals surface area contributed by atoms with Gasteiger partial charge in [0, 0.05) is 25.7 Å². The van der Waals surface area contributed by atoms with E-state index in [2.05, 4.69) is 23.2 Å². The number of nitriles is 1. The lowest BCUT2D eigenvalue weighted by Gasteiger charge is -2.32. The molecule has 1 aliphatic carbocycles. The average Bonchev–Trinajstić information content (AvgIpc) is 3.01. The third-order valence-corrected chi connectivity index (χ3v) is 3.07. The second-order valence-electron chi connectivity index (χ2n) is 5.08. The van der Waals surface area contributed by atoms with Crippen molar-refractivity contribution < 1.29 is 4.74 Å². The first-order valence-corrected chi connectivity index (χ1v) is 5.89. The highest BCUT2D eigenvalue weighted by Gasteiger charge is 2.34. The van der Waals surface area contributed by atoms with Crippen LogP contribution in [0.5, 0.6) is 0 Å². The van der Waals surface area contributed by atoms with Gasteiger partial charge >= 0.3 is 0 Å². The number of nitrogens with one attached hydrogen (secondary N) is 1. The van der Waals surface area contributed by atoms with E-state index in [0.29, 0.717) is 18.7 Å². The van der Waals surface area contributed by atoms with Crippen LogP contribution in [0.1, 0.15) is 26.7 Å². The number of ether oxygens (including phenoxy) is 1. The molecule has 0 aromatic carbocycles. The van der Waals surface area contributed by atoms with Crippen molar-refractivity contribution in [2.24, 2.45) is 0 Å². The van der Waals surface area contributed by atoms with Crippen molar-refractivity contribution in [2.45, 2.75) is 44.3 Å². The summed E-state index contributed by atoms with van der Waals surface area (Å²) in [4.78, 5) is 2.17. The predicted octanol–water partition coefficient (Wildman–Crippen LogP) is 0.987. The molecule has 2 unspecified atom stereocenters. The Morgan fingerprint density at radius 1 is 1.62 bits per heavy atom. The summed E-state index contributed by atoms with van der Waals surface area (Å²) in [6.07, 6.45) is 2.41. The molecular formula is C12H23N3O. The van der Waals surface area contributed by atoms with E-state index in [9.17, 15) is 5.26 Å². The molecule has 0 heterocycles. The number of methoxy groups -OCH3 is 1. The lowest BCUT2D eigenvalue weighted by Crippen LogP contribution is -2.52. The van der Waals surface area contributed by atoms with Gasteiger partial charge in [0.1, 0.15) is 5.54 Å². The summed E-state index contributed by atoms with van der Waals surface area (Å²) in [7, 11) is 3.74. The van der Waals surface area contributed by atoms with Crippen LogP contribution < -0.4 is 5.32 Å². The zero-order valence-corrected chi connectivity index (χ0v) is 10.8. The largest absolute Gasteiger partial charge is 0.383 e. The van der Waals surface area contributed by atoms with E-state index < -0.39 is 5.54 Å². The van der Waals surface area contributed by atoms with Gasteiger partial charge in [0.25, 0.3) is 0 Å². The first-order valence-electron chi connectivity index (χ1n) is 5.89. The third kappa shape index (κ3) is 4.09. The highest BCUT2D eigenvalue weighted by atomic mass is 16.5. The number of likely N-dealkylation sites (N-methyl/N-ethyl adjacent to an activating group) is 1. The van der Waals surface area contributed by atoms with Crippen molar-refractivity contribution in [3.8, 4) is 6.07 Å². The van der Waals surface area contributed by atoms with Crippen molar-refractivity contribution in [1.29, 1.82) is 5.26 Å². The smallest absolute Gasteiger partial charge is 0.116 e. The molecule has 0 radical (unpaired) electrons. The number of rotatable bonds is 7. The van der Waals surface area contributed by atoms with E-state index in [1.807, 2.05) is 14.0 Å². The van der Waals surface area contributed by atoms with E-state index in [-0.39, 0.29) is 0 Å². The minimum atomic E-state index is -0.447. The topological polar surface area (TPSA) is 48.3 Å². The fraction of sp³-hybridized carbons (Fsp3) is 0.917. The molecule has 4 nitrogen and oxygen atoms in total. The molecule has 0 bridgehead atoms. The Labute approximate surface area is 98.6 Å². The maximum atomic E-state index is 9.25. The molecule has 0 amide bonds. The fourth-order valence-corrected chi connectivity index (χ4v) is 1.81. The summed E-state index contributed by atoms with van der Waals surface area (Å²) in [5.41, 5.74) is -0.447. The molecule has 0 aliphatic heterocycles. The van der Waals surface area contributed by atoms with E-state index in [4.69, 9.17) is 4.74 Å². The van der Waals surface area contributed by atoms with E-state index in [1.165, 1.54) is 12.8 Å². The van der Waals surface area contributed by atoms with Gasteiger partial charge in [0.15, 0.2) is 0 Å². The van der Waals surface area contributed by atoms with Crippen LogP contribution in [0.3, 0.4) is 0 Å². The number of hydrogen-bond acceptors (Lipinski definition) is 4. The van der Waals surface area contributed by atoms with Crippen molar-refractivity contribution >= 4 is 0 Å². The first-order chi connectivity index (χ1) is 7.50. The van der Waals surface area contributed by atoms with Gasteiger partial charge in [-0.2, -0.15) is 5.26 Å². The van der Waals surface area contributed by atoms with Crippen LogP contribution in [0.15, 0.2) is 0 Å². The van der Waals surface area contributed by atoms with Gasteiger partial charge in [0.05, 0.1) is 12.7 Å². The second kappa shape index (κ2) is 5.62. The highest BCUT2D eigenvalue weighted by Crippen LogP contribution is 2.22. The summed E-state index contributed by atoms with van der Waals surface area (Å²) in [5, 5.41) is 12.7. The lowest BCUT2D eigenvalue weighted by molar-refractivity contribution is 0.104. The standard InChI is InChI=1S/C12H23N3O/c1-10(7-16-4)15(3)9-12(2,8-13)14-11-5-6-11/h10-11,14H,5-7,9H2,1-4H3. The van der Waals surface area contributed by atoms with Gasteiger partial charge in [-0.3, -0.25) is 10.2 Å². The van der Waals surface area contributed by atoms with Gasteiger partial charge in [-0.05, 0) is 33.7 Å². The fourth-order valence-electron chi connectivity index (χ4n) is 1.81. The normalized spacial score (nSPS) is 21.5. The minimum absolute atomic E-state index is 0.332. The first kappa shape index (κ1) is 13.4. The number of nitrogens with zero attached hydrogens (tertiary/aromatic N) is 2. The third-order valence-electron chi connectivity index (χ3n) is 3.07. The van der Waals surface area contributed by atoms with E-state index >= 15 is 0 Å². The van der Waals surface area contributed by atoms with Gasteiger partial charge in [0.2, 0.25) is 0 Å². The van der Waals surface area contributed by atoms with E-state index in [0.717, 1.165) is 6.54 Å². The van der Waals surface area contributed by atoms with Gasteiger partial charge in [-0.15, -0.1) is 0 Å². The average molecular weight is 225 g/mol. The minimum Gasteiger partial charge on any atom is -0.383 e. The summed E-state index contributed by atoms with van der Waals surface area (Å²) in [5.74, 6) is 0. The Kier molecular flexibility index (Phi) is 4.72. The quantitative estimate of drug-likeness (QED) is 0.702. The maximum absolute atomic E-state index is 9.25. The maximum Gasteiger partial charge on any atom is 0.116 e. The number of hydrogen-bond donors (Lipinski definition) is 1. The molecule has 92 valence electrons. The molecule has 4 heteroatoms. The van der Waals surface area contributed by atoms with Crippen molar-refractivity contribution in [2.75, 3.05) is 27.3 Å². The Morgan fingerprint density at radius 2 is 2.25 bits per heavy atom. The van der Waals surface area contributed by atoms with Crippen molar-refractivity contribution in [3.05, 3.63) is 0 Å². The molecule has 0 aromatic heterocycles. The Hall–Kier alpha value is -0.630. The zero-order chi connectivity index (χ0) is 12.2. The van der Waals surface area contributed by atoms with E-state index in [1.54, 1.807) is 7.11 Å². The molecule has 0 aromatic rings. The molecular weight excluding hydrogens is 202 g/mol. The van der Waals surface area contributed by atoms with Crippen LogP contribution in [-0.4, -0.2) is 49.8 Å². The molecule has 1 rings (SSSR count). The lowest BCUT2D eigenvalue weighted by atomic mass is 10.0. The van der Waals surface area contributed by atoms with Crippen LogP contribution >= 0.6 is 0 Å². The second-order valence-corrected chi connectivity index (χ2v) is 5.08. The van der Waals surface area contributed by atoms with Crippen LogP contribution in [0.4, 0.5) is 0 Å². The van der Waals surface area contributed by atoms with Gasteiger partial charge in [-0.1, -0.05) is 0 Å². The summed E-state index contributed by atoms with van der Waals surface area (Å²) >= 11 is 0. The zero-order valence-electron chi connectivity index (χ0n) is 10.8. The van der Waals surface area contributed by atoms with Crippen molar-refractivity contribution in [1.82, 2.24) is 10.2 Å². The Bertz CT molecular complexity index is 259. The van der Waals surface area contributed by atoms with Gasteiger partial charge < -0.3 is 4.74 Å². The SMILES string of the molecule is COCC(C)N(C)CC(C)(C#N)NC1CC1. The van der Waals surface area contributed by atoms with Crippen LogP contribution in [0.25, 0.3) is 0 Å². The molecule has 1 aliphatic rings. The molecule has 16 heavy (non-hydrogen) atoms. The summed E-state index contributed by atoms with van der Waals surface area (Å²) in [6, 6.07) is 3.27. The van der Waals surface area contributed by atoms with Gasteiger partial charge in [-0.25, -0.2) is 0 Å². The van der Waals surface area contributed by atoms with Crippen LogP contribution in [-0.2, 0) is 4.74 Å². The van der Waals surface area contributed by atoms with Crippen LogP contribution in [0.2, 0.25) is 0 Å². The molecule has 1 N–H and O–H groups in total. The predicted molar refractivity (Wildman–Crippen MR) is 64.1 cm³/mol. The Morgan fingerprint density at radius 3 is 2.69 bits per heavy atom.